The van der Waals surface area contributed by atoms with Gasteiger partial charge in [-0.15, -0.1) is 0 Å². The van der Waals surface area contributed by atoms with E-state index in [4.69, 9.17) is 4.74 Å². The molecule has 0 radical (unpaired) electrons. The third kappa shape index (κ3) is 3.81. The van der Waals surface area contributed by atoms with Gasteiger partial charge < -0.3 is 14.5 Å². The van der Waals surface area contributed by atoms with Crippen LogP contribution in [0.2, 0.25) is 0 Å². The molecule has 0 unspecified atom stereocenters. The minimum Gasteiger partial charge on any atom is -0.374 e. The Morgan fingerprint density at radius 2 is 2.04 bits per heavy atom. The zero-order valence-electron chi connectivity index (χ0n) is 13.7. The van der Waals surface area contributed by atoms with Crippen LogP contribution in [0.25, 0.3) is 5.65 Å². The van der Waals surface area contributed by atoms with Gasteiger partial charge in [-0.25, -0.2) is 4.98 Å². The molecule has 2 aromatic heterocycles. The summed E-state index contributed by atoms with van der Waals surface area (Å²) >= 11 is 0. The first kappa shape index (κ1) is 16.2. The number of imidazole rings is 1. The Balaban J connectivity index is 1.44. The number of hydrogen-bond donors (Lipinski definition) is 1. The van der Waals surface area contributed by atoms with Crippen molar-refractivity contribution in [1.82, 2.24) is 14.7 Å². The summed E-state index contributed by atoms with van der Waals surface area (Å²) in [4.78, 5) is 16.5. The van der Waals surface area contributed by atoms with Crippen LogP contribution in [-0.2, 0) is 4.74 Å². The van der Waals surface area contributed by atoms with E-state index in [2.05, 4.69) is 22.4 Å². The first-order chi connectivity index (χ1) is 11.8. The van der Waals surface area contributed by atoms with Crippen molar-refractivity contribution in [2.75, 3.05) is 13.2 Å². The molecule has 1 amide bonds. The summed E-state index contributed by atoms with van der Waals surface area (Å²) in [5.74, 6) is -0.108. The first-order valence-corrected chi connectivity index (χ1v) is 8.12. The zero-order valence-corrected chi connectivity index (χ0v) is 13.7. The van der Waals surface area contributed by atoms with Gasteiger partial charge in [0.25, 0.3) is 5.91 Å². The summed E-state index contributed by atoms with van der Waals surface area (Å²) in [6.45, 7) is 3.21. The molecule has 1 atom stereocenters. The predicted molar refractivity (Wildman–Crippen MR) is 93.0 cm³/mol. The lowest BCUT2D eigenvalue weighted by Gasteiger charge is -2.13. The van der Waals surface area contributed by atoms with Crippen molar-refractivity contribution < 1.29 is 9.53 Å². The Kier molecular flexibility index (Phi) is 5.23. The van der Waals surface area contributed by atoms with Gasteiger partial charge in [0.1, 0.15) is 5.65 Å². The number of fused-ring (bicyclic) bond motifs is 1. The van der Waals surface area contributed by atoms with Gasteiger partial charge in [0.05, 0.1) is 11.7 Å². The molecule has 1 N–H and O–H groups in total. The molecular weight excluding hydrogens is 302 g/mol. The van der Waals surface area contributed by atoms with Gasteiger partial charge in [-0.2, -0.15) is 0 Å². The van der Waals surface area contributed by atoms with Crippen LogP contribution in [0.1, 0.15) is 35.4 Å². The quantitative estimate of drug-likeness (QED) is 0.679. The highest BCUT2D eigenvalue weighted by Crippen LogP contribution is 2.15. The summed E-state index contributed by atoms with van der Waals surface area (Å²) in [6, 6.07) is 13.7. The van der Waals surface area contributed by atoms with Crippen LogP contribution in [0.3, 0.4) is 0 Å². The molecule has 24 heavy (non-hydrogen) atoms. The number of carbonyl (C=O) groups excluding carboxylic acids is 1. The number of nitrogens with zero attached hydrogens (tertiary/aromatic N) is 2. The Labute approximate surface area is 141 Å². The van der Waals surface area contributed by atoms with Crippen LogP contribution in [0.5, 0.6) is 0 Å². The fraction of sp³-hybridized carbons (Fsp3) is 0.263. The summed E-state index contributed by atoms with van der Waals surface area (Å²) in [7, 11) is 0. The van der Waals surface area contributed by atoms with Crippen molar-refractivity contribution in [3.05, 3.63) is 72.2 Å². The molecule has 0 aliphatic carbocycles. The Morgan fingerprint density at radius 3 is 2.88 bits per heavy atom. The number of nitrogens with one attached hydrogen (secondary N) is 1. The second-order valence-corrected chi connectivity index (χ2v) is 5.61. The minimum atomic E-state index is -0.108. The van der Waals surface area contributed by atoms with Crippen LogP contribution in [-0.4, -0.2) is 28.4 Å². The number of amides is 1. The van der Waals surface area contributed by atoms with Gasteiger partial charge >= 0.3 is 0 Å². The third-order valence-corrected chi connectivity index (χ3v) is 3.91. The summed E-state index contributed by atoms with van der Waals surface area (Å²) in [5.41, 5.74) is 2.41. The molecule has 0 aliphatic rings. The largest absolute Gasteiger partial charge is 0.374 e. The number of hydrogen-bond acceptors (Lipinski definition) is 3. The molecule has 0 fully saturated rings. The predicted octanol–water partition coefficient (Wildman–Crippen LogP) is 3.23. The molecule has 0 saturated heterocycles. The van der Waals surface area contributed by atoms with Crippen molar-refractivity contribution in [2.24, 2.45) is 0 Å². The van der Waals surface area contributed by atoms with Crippen molar-refractivity contribution >= 4 is 11.6 Å². The van der Waals surface area contributed by atoms with Crippen LogP contribution in [0, 0.1) is 0 Å². The van der Waals surface area contributed by atoms with Crippen LogP contribution in [0.15, 0.2) is 61.1 Å². The smallest absolute Gasteiger partial charge is 0.255 e. The molecule has 0 spiro atoms. The van der Waals surface area contributed by atoms with E-state index >= 15 is 0 Å². The Bertz CT molecular complexity index is 798. The molecule has 2 heterocycles. The highest BCUT2D eigenvalue weighted by atomic mass is 16.5. The average Bonchev–Trinajstić information content (AvgIpc) is 3.10. The number of benzene rings is 1. The maximum Gasteiger partial charge on any atom is 0.255 e. The van der Waals surface area contributed by atoms with E-state index in [0.717, 1.165) is 12.0 Å². The molecular formula is C19H21N3O2. The van der Waals surface area contributed by atoms with E-state index in [0.29, 0.717) is 24.4 Å². The standard InChI is InChI=1S/C19H21N3O2/c1-15(16-7-3-2-4-8-16)24-14-6-10-21-19(23)17-9-5-12-22-13-11-20-18(17)22/h2-5,7-9,11-13,15H,6,10,14H2,1H3,(H,21,23)/t15-/m1/s1. The van der Waals surface area contributed by atoms with Gasteiger partial charge in [0.2, 0.25) is 0 Å². The molecule has 0 aliphatic heterocycles. The summed E-state index contributed by atoms with van der Waals surface area (Å²) < 4.78 is 7.64. The Morgan fingerprint density at radius 1 is 1.21 bits per heavy atom. The maximum absolute atomic E-state index is 12.3. The normalized spacial score (nSPS) is 12.2. The van der Waals surface area contributed by atoms with Gasteiger partial charge in [-0.05, 0) is 31.0 Å². The molecule has 0 saturated carbocycles. The lowest BCUT2D eigenvalue weighted by atomic mass is 10.1. The fourth-order valence-corrected chi connectivity index (χ4v) is 2.58. The number of ether oxygens (including phenoxy) is 1. The van der Waals surface area contributed by atoms with Crippen LogP contribution >= 0.6 is 0 Å². The van der Waals surface area contributed by atoms with Crippen LogP contribution in [0.4, 0.5) is 0 Å². The van der Waals surface area contributed by atoms with E-state index in [1.54, 1.807) is 12.3 Å². The summed E-state index contributed by atoms with van der Waals surface area (Å²) in [6.07, 6.45) is 6.20. The molecule has 5 nitrogen and oxygen atoms in total. The fourth-order valence-electron chi connectivity index (χ4n) is 2.58. The van der Waals surface area contributed by atoms with Gasteiger partial charge in [0.15, 0.2) is 0 Å². The molecule has 3 rings (SSSR count). The van der Waals surface area contributed by atoms with Crippen molar-refractivity contribution in [1.29, 1.82) is 0 Å². The minimum absolute atomic E-state index is 0.0561. The third-order valence-electron chi connectivity index (χ3n) is 3.91. The average molecular weight is 323 g/mol. The molecule has 5 heteroatoms. The maximum atomic E-state index is 12.3. The van der Waals surface area contributed by atoms with Gasteiger partial charge in [-0.3, -0.25) is 4.79 Å². The molecule has 3 aromatic rings. The van der Waals surface area contributed by atoms with E-state index in [9.17, 15) is 4.79 Å². The topological polar surface area (TPSA) is 55.6 Å². The first-order valence-electron chi connectivity index (χ1n) is 8.12. The highest BCUT2D eigenvalue weighted by Gasteiger charge is 2.10. The Hall–Kier alpha value is -2.66. The van der Waals surface area contributed by atoms with Crippen LogP contribution < -0.4 is 5.32 Å². The lowest BCUT2D eigenvalue weighted by molar-refractivity contribution is 0.0635. The number of aromatic nitrogens is 2. The molecule has 124 valence electrons. The van der Waals surface area contributed by atoms with E-state index in [-0.39, 0.29) is 12.0 Å². The number of rotatable bonds is 7. The SMILES string of the molecule is C[C@@H](OCCCNC(=O)c1cccn2ccnc12)c1ccccc1. The number of pyridine rings is 1. The molecule has 0 bridgehead atoms. The van der Waals surface area contributed by atoms with Crippen molar-refractivity contribution in [2.45, 2.75) is 19.4 Å². The van der Waals surface area contributed by atoms with E-state index < -0.39 is 0 Å². The highest BCUT2D eigenvalue weighted by molar-refractivity contribution is 5.99. The van der Waals surface area contributed by atoms with Gasteiger partial charge in [-0.1, -0.05) is 30.3 Å². The monoisotopic (exact) mass is 323 g/mol. The van der Waals surface area contributed by atoms with E-state index in [1.165, 1.54) is 0 Å². The zero-order chi connectivity index (χ0) is 16.8. The second kappa shape index (κ2) is 7.75. The van der Waals surface area contributed by atoms with Crippen molar-refractivity contribution in [3.8, 4) is 0 Å². The number of carbonyl (C=O) groups is 1. The molecule has 1 aromatic carbocycles. The van der Waals surface area contributed by atoms with Crippen molar-refractivity contribution in [3.63, 3.8) is 0 Å². The summed E-state index contributed by atoms with van der Waals surface area (Å²) in [5, 5.41) is 2.92. The lowest BCUT2D eigenvalue weighted by Crippen LogP contribution is -2.26. The van der Waals surface area contributed by atoms with Gasteiger partial charge in [0, 0.05) is 31.7 Å². The van der Waals surface area contributed by atoms with E-state index in [1.807, 2.05) is 48.0 Å². The second-order valence-electron chi connectivity index (χ2n) is 5.61.